The van der Waals surface area contributed by atoms with Crippen LogP contribution >= 0.6 is 0 Å². The van der Waals surface area contributed by atoms with Gasteiger partial charge in [0.25, 0.3) is 0 Å². The molecule has 2 aromatic rings. The highest BCUT2D eigenvalue weighted by atomic mass is 14.3. The molecular weight excluding hydrogens is 254 g/mol. The standard InChI is InChI=1S/C20H21N/c1-5-14(3)17-11-10-16(6-2)19(12-17)20-15(4)8-7-9-18(20)13-21/h5,7-12H,6H2,1-4H3/b14-5+. The molecule has 0 N–H and O–H groups in total. The topological polar surface area (TPSA) is 23.8 Å². The van der Waals surface area contributed by atoms with Gasteiger partial charge in [0.15, 0.2) is 0 Å². The Labute approximate surface area is 127 Å². The zero-order valence-corrected chi connectivity index (χ0v) is 13.2. The van der Waals surface area contributed by atoms with Crippen LogP contribution in [0.4, 0.5) is 0 Å². The maximum Gasteiger partial charge on any atom is 0.0998 e. The average molecular weight is 275 g/mol. The average Bonchev–Trinajstić information content (AvgIpc) is 2.53. The quantitative estimate of drug-likeness (QED) is 0.723. The maximum absolute atomic E-state index is 9.43. The van der Waals surface area contributed by atoms with Gasteiger partial charge < -0.3 is 0 Å². The van der Waals surface area contributed by atoms with Crippen LogP contribution in [0.1, 0.15) is 43.0 Å². The van der Waals surface area contributed by atoms with Gasteiger partial charge in [0.2, 0.25) is 0 Å². The number of allylic oxidation sites excluding steroid dienone is 2. The van der Waals surface area contributed by atoms with Crippen LogP contribution in [-0.2, 0) is 6.42 Å². The Bertz CT molecular complexity index is 730. The third-order valence-corrected chi connectivity index (χ3v) is 4.04. The van der Waals surface area contributed by atoms with Gasteiger partial charge in [-0.05, 0) is 67.2 Å². The molecule has 0 unspecified atom stereocenters. The molecule has 0 saturated heterocycles. The molecule has 0 fully saturated rings. The van der Waals surface area contributed by atoms with Gasteiger partial charge >= 0.3 is 0 Å². The van der Waals surface area contributed by atoms with Crippen molar-refractivity contribution in [2.45, 2.75) is 34.1 Å². The molecule has 0 spiro atoms. The van der Waals surface area contributed by atoms with Crippen LogP contribution in [0.3, 0.4) is 0 Å². The summed E-state index contributed by atoms with van der Waals surface area (Å²) in [5, 5.41) is 9.43. The van der Waals surface area contributed by atoms with Gasteiger partial charge in [0, 0.05) is 5.56 Å². The van der Waals surface area contributed by atoms with Gasteiger partial charge in [-0.15, -0.1) is 0 Å². The molecule has 0 radical (unpaired) electrons. The first-order valence-electron chi connectivity index (χ1n) is 7.38. The van der Waals surface area contributed by atoms with E-state index in [0.29, 0.717) is 0 Å². The van der Waals surface area contributed by atoms with Crippen molar-refractivity contribution >= 4 is 5.57 Å². The summed E-state index contributed by atoms with van der Waals surface area (Å²) in [6.45, 7) is 8.40. The Kier molecular flexibility index (Phi) is 4.60. The van der Waals surface area contributed by atoms with E-state index in [2.05, 4.69) is 64.1 Å². The summed E-state index contributed by atoms with van der Waals surface area (Å²) in [5.74, 6) is 0. The summed E-state index contributed by atoms with van der Waals surface area (Å²) in [5.41, 5.74) is 7.92. The predicted octanol–water partition coefficient (Wildman–Crippen LogP) is 5.52. The lowest BCUT2D eigenvalue weighted by Crippen LogP contribution is -1.95. The minimum atomic E-state index is 0.750. The first kappa shape index (κ1) is 15.1. The third-order valence-electron chi connectivity index (χ3n) is 4.04. The summed E-state index contributed by atoms with van der Waals surface area (Å²) < 4.78 is 0. The van der Waals surface area contributed by atoms with E-state index in [1.807, 2.05) is 12.1 Å². The lowest BCUT2D eigenvalue weighted by molar-refractivity contribution is 1.14. The zero-order valence-electron chi connectivity index (χ0n) is 13.2. The number of nitrogens with zero attached hydrogens (tertiary/aromatic N) is 1. The number of hydrogen-bond acceptors (Lipinski definition) is 1. The van der Waals surface area contributed by atoms with E-state index in [1.54, 1.807) is 0 Å². The SMILES string of the molecule is C/C=C(\C)c1ccc(CC)c(-c2c(C)cccc2C#N)c1. The molecule has 0 aliphatic heterocycles. The summed E-state index contributed by atoms with van der Waals surface area (Å²) in [4.78, 5) is 0. The van der Waals surface area contributed by atoms with Gasteiger partial charge in [-0.1, -0.05) is 37.3 Å². The smallest absolute Gasteiger partial charge is 0.0998 e. The lowest BCUT2D eigenvalue weighted by atomic mass is 9.89. The normalized spacial score (nSPS) is 11.3. The van der Waals surface area contributed by atoms with Crippen LogP contribution in [-0.4, -0.2) is 0 Å². The Morgan fingerprint density at radius 2 is 2.00 bits per heavy atom. The fourth-order valence-electron chi connectivity index (χ4n) is 2.65. The molecule has 0 aliphatic rings. The predicted molar refractivity (Wildman–Crippen MR) is 90.0 cm³/mol. The summed E-state index contributed by atoms with van der Waals surface area (Å²) in [7, 11) is 0. The second kappa shape index (κ2) is 6.41. The molecule has 2 aromatic carbocycles. The second-order valence-electron chi connectivity index (χ2n) is 5.31. The molecule has 0 saturated carbocycles. The molecule has 0 aromatic heterocycles. The first-order valence-corrected chi connectivity index (χ1v) is 7.38. The number of hydrogen-bond donors (Lipinski definition) is 0. The van der Waals surface area contributed by atoms with Crippen molar-refractivity contribution in [3.05, 3.63) is 64.7 Å². The largest absolute Gasteiger partial charge is 0.192 e. The van der Waals surface area contributed by atoms with Crippen LogP contribution in [0.25, 0.3) is 16.7 Å². The van der Waals surface area contributed by atoms with Crippen LogP contribution < -0.4 is 0 Å². The van der Waals surface area contributed by atoms with Crippen LogP contribution in [0.5, 0.6) is 0 Å². The fourth-order valence-corrected chi connectivity index (χ4v) is 2.65. The highest BCUT2D eigenvalue weighted by Gasteiger charge is 2.12. The van der Waals surface area contributed by atoms with E-state index in [9.17, 15) is 5.26 Å². The van der Waals surface area contributed by atoms with Crippen molar-refractivity contribution in [1.29, 1.82) is 5.26 Å². The van der Waals surface area contributed by atoms with Gasteiger partial charge in [0.05, 0.1) is 11.6 Å². The minimum Gasteiger partial charge on any atom is -0.192 e. The number of nitriles is 1. The summed E-state index contributed by atoms with van der Waals surface area (Å²) >= 11 is 0. The molecule has 0 heterocycles. The van der Waals surface area contributed by atoms with Crippen LogP contribution in [0.15, 0.2) is 42.5 Å². The van der Waals surface area contributed by atoms with Crippen molar-refractivity contribution in [2.24, 2.45) is 0 Å². The Morgan fingerprint density at radius 1 is 1.24 bits per heavy atom. The molecule has 0 bridgehead atoms. The molecule has 0 aliphatic carbocycles. The Morgan fingerprint density at radius 3 is 2.62 bits per heavy atom. The van der Waals surface area contributed by atoms with Crippen molar-refractivity contribution in [2.75, 3.05) is 0 Å². The van der Waals surface area contributed by atoms with Gasteiger partial charge in [-0.25, -0.2) is 0 Å². The highest BCUT2D eigenvalue weighted by molar-refractivity contribution is 5.79. The molecule has 1 nitrogen and oxygen atoms in total. The van der Waals surface area contributed by atoms with Crippen molar-refractivity contribution in [3.8, 4) is 17.2 Å². The summed E-state index contributed by atoms with van der Waals surface area (Å²) in [6.07, 6.45) is 3.08. The van der Waals surface area contributed by atoms with Gasteiger partial charge in [-0.3, -0.25) is 0 Å². The van der Waals surface area contributed by atoms with Gasteiger partial charge in [0.1, 0.15) is 0 Å². The van der Waals surface area contributed by atoms with E-state index >= 15 is 0 Å². The number of aryl methyl sites for hydroxylation is 2. The molecular formula is C20H21N. The van der Waals surface area contributed by atoms with Crippen LogP contribution in [0.2, 0.25) is 0 Å². The van der Waals surface area contributed by atoms with E-state index in [-0.39, 0.29) is 0 Å². The number of rotatable bonds is 3. The molecule has 21 heavy (non-hydrogen) atoms. The molecule has 2 rings (SSSR count). The van der Waals surface area contributed by atoms with E-state index in [4.69, 9.17) is 0 Å². The number of benzene rings is 2. The van der Waals surface area contributed by atoms with E-state index in [0.717, 1.165) is 23.1 Å². The van der Waals surface area contributed by atoms with Crippen molar-refractivity contribution in [3.63, 3.8) is 0 Å². The molecule has 1 heteroatoms. The second-order valence-corrected chi connectivity index (χ2v) is 5.31. The fraction of sp³-hybridized carbons (Fsp3) is 0.250. The first-order chi connectivity index (χ1) is 10.1. The monoisotopic (exact) mass is 275 g/mol. The van der Waals surface area contributed by atoms with Crippen molar-refractivity contribution in [1.82, 2.24) is 0 Å². The zero-order chi connectivity index (χ0) is 15.4. The van der Waals surface area contributed by atoms with Gasteiger partial charge in [-0.2, -0.15) is 5.26 Å². The molecule has 106 valence electrons. The van der Waals surface area contributed by atoms with Crippen LogP contribution in [0, 0.1) is 18.3 Å². The Balaban J connectivity index is 2.77. The summed E-state index contributed by atoms with van der Waals surface area (Å²) in [6, 6.07) is 14.8. The highest BCUT2D eigenvalue weighted by Crippen LogP contribution is 2.32. The van der Waals surface area contributed by atoms with E-state index in [1.165, 1.54) is 22.3 Å². The minimum absolute atomic E-state index is 0.750. The molecule has 0 atom stereocenters. The van der Waals surface area contributed by atoms with E-state index < -0.39 is 0 Å². The third kappa shape index (κ3) is 2.90. The lowest BCUT2D eigenvalue weighted by Gasteiger charge is -2.15. The Hall–Kier alpha value is -2.33. The van der Waals surface area contributed by atoms with Crippen molar-refractivity contribution < 1.29 is 0 Å². The molecule has 0 amide bonds. The maximum atomic E-state index is 9.43.